The molecule has 0 aliphatic heterocycles. The monoisotopic (exact) mass is 378 g/mol. The number of nitrogens with two attached hydrogens (primary N) is 1. The molecule has 0 aliphatic rings. The molecule has 0 atom stereocenters. The third-order valence-corrected chi connectivity index (χ3v) is 4.35. The molecule has 1 aromatic carbocycles. The number of carbonyl (C=O) groups excluding carboxylic acids is 1. The lowest BCUT2D eigenvalue weighted by molar-refractivity contribution is 0.0528. The molecule has 9 nitrogen and oxygen atoms in total. The Morgan fingerprint density at radius 1 is 1.18 bits per heavy atom. The molecule has 9 heteroatoms. The van der Waals surface area contributed by atoms with Crippen LogP contribution < -0.4 is 5.73 Å². The minimum absolute atomic E-state index is 0.122. The molecule has 4 rings (SSSR count). The van der Waals surface area contributed by atoms with Crippen molar-refractivity contribution in [3.63, 3.8) is 0 Å². The van der Waals surface area contributed by atoms with E-state index >= 15 is 0 Å². The Bertz CT molecular complexity index is 1150. The van der Waals surface area contributed by atoms with E-state index in [-0.39, 0.29) is 12.4 Å². The quantitative estimate of drug-likeness (QED) is 0.526. The molecule has 28 heavy (non-hydrogen) atoms. The molecule has 0 saturated heterocycles. The first-order chi connectivity index (χ1) is 13.7. The smallest absolute Gasteiger partial charge is 0.341 e. The van der Waals surface area contributed by atoms with Crippen molar-refractivity contribution in [2.24, 2.45) is 0 Å². The first-order valence-electron chi connectivity index (χ1n) is 8.85. The summed E-state index contributed by atoms with van der Waals surface area (Å²) in [6, 6.07) is 9.62. The van der Waals surface area contributed by atoms with Gasteiger partial charge < -0.3 is 15.0 Å². The Morgan fingerprint density at radius 3 is 2.61 bits per heavy atom. The maximum atomic E-state index is 12.6. The molecule has 0 aliphatic carbocycles. The van der Waals surface area contributed by atoms with Crippen LogP contribution in [0.3, 0.4) is 0 Å². The minimum Gasteiger partial charge on any atom is -0.462 e. The van der Waals surface area contributed by atoms with Gasteiger partial charge in [-0.25, -0.2) is 14.4 Å². The number of esters is 1. The van der Waals surface area contributed by atoms with Gasteiger partial charge in [0.1, 0.15) is 11.1 Å². The number of anilines is 1. The van der Waals surface area contributed by atoms with Crippen molar-refractivity contribution in [2.45, 2.75) is 20.4 Å². The van der Waals surface area contributed by atoms with Gasteiger partial charge in [0, 0.05) is 18.3 Å². The molecule has 0 bridgehead atoms. The predicted octanol–water partition coefficient (Wildman–Crippen LogP) is 2.93. The van der Waals surface area contributed by atoms with E-state index in [4.69, 9.17) is 20.1 Å². The molecule has 0 radical (unpaired) electrons. The molecule has 0 saturated carbocycles. The van der Waals surface area contributed by atoms with Crippen molar-refractivity contribution < 1.29 is 14.2 Å². The van der Waals surface area contributed by atoms with Crippen molar-refractivity contribution in [1.82, 2.24) is 24.8 Å². The van der Waals surface area contributed by atoms with E-state index in [0.717, 1.165) is 5.56 Å². The number of rotatable bonds is 5. The van der Waals surface area contributed by atoms with E-state index in [1.807, 2.05) is 41.8 Å². The van der Waals surface area contributed by atoms with E-state index in [2.05, 4.69) is 15.3 Å². The van der Waals surface area contributed by atoms with Gasteiger partial charge >= 0.3 is 5.97 Å². The second kappa shape index (κ2) is 7.10. The van der Waals surface area contributed by atoms with Gasteiger partial charge in [-0.1, -0.05) is 30.3 Å². The van der Waals surface area contributed by atoms with Crippen LogP contribution in [0.4, 0.5) is 5.82 Å². The highest BCUT2D eigenvalue weighted by atomic mass is 16.6. The first-order valence-corrected chi connectivity index (χ1v) is 8.85. The molecule has 0 unspecified atom stereocenters. The number of nitrogen functional groups attached to an aromatic ring is 1. The number of hydrogen-bond donors (Lipinski definition) is 1. The van der Waals surface area contributed by atoms with Gasteiger partial charge in [-0.2, -0.15) is 0 Å². The number of nitrogens with zero attached hydrogens (tertiary/aromatic N) is 5. The van der Waals surface area contributed by atoms with Crippen molar-refractivity contribution >= 4 is 22.8 Å². The highest BCUT2D eigenvalue weighted by Crippen LogP contribution is 2.33. The zero-order valence-electron chi connectivity index (χ0n) is 15.4. The summed E-state index contributed by atoms with van der Waals surface area (Å²) in [5, 5.41) is 7.51. The Balaban J connectivity index is 2.07. The van der Waals surface area contributed by atoms with Crippen LogP contribution in [0.2, 0.25) is 0 Å². The normalized spacial score (nSPS) is 11.1. The fourth-order valence-corrected chi connectivity index (χ4v) is 3.15. The van der Waals surface area contributed by atoms with Crippen LogP contribution in [0.1, 0.15) is 24.2 Å². The molecular formula is C19H18N6O3. The summed E-state index contributed by atoms with van der Waals surface area (Å²) in [6.45, 7) is 4.47. The van der Waals surface area contributed by atoms with Gasteiger partial charge in [0.15, 0.2) is 17.3 Å². The molecule has 4 aromatic rings. The third kappa shape index (κ3) is 2.77. The van der Waals surface area contributed by atoms with Crippen LogP contribution in [0.15, 0.2) is 41.2 Å². The molecule has 0 fully saturated rings. The van der Waals surface area contributed by atoms with Crippen LogP contribution in [0.5, 0.6) is 0 Å². The average Bonchev–Trinajstić information content (AvgIpc) is 3.31. The van der Waals surface area contributed by atoms with Gasteiger partial charge in [-0.05, 0) is 24.2 Å². The Kier molecular flexibility index (Phi) is 4.48. The molecule has 3 aromatic heterocycles. The average molecular weight is 378 g/mol. The lowest BCUT2D eigenvalue weighted by Gasteiger charge is -2.09. The standard InChI is InChI=1S/C19H18N6O3/c1-3-25-16-12(19(26)27-4-2)10-21-13(11-8-6-5-7-9-11)14(16)22-18(25)15-17(20)24-28-23-15/h5-10H,3-4H2,1-2H3,(H2,20,24). The number of ether oxygens (including phenoxy) is 1. The van der Waals surface area contributed by atoms with Crippen LogP contribution in [0, 0.1) is 0 Å². The molecular weight excluding hydrogens is 360 g/mol. The number of aryl methyl sites for hydroxylation is 1. The fourth-order valence-electron chi connectivity index (χ4n) is 3.15. The maximum absolute atomic E-state index is 12.6. The zero-order valence-corrected chi connectivity index (χ0v) is 15.4. The molecule has 0 amide bonds. The lowest BCUT2D eigenvalue weighted by atomic mass is 10.1. The SMILES string of the molecule is CCOC(=O)c1cnc(-c2ccccc2)c2nc(-c3nonc3N)n(CC)c12. The van der Waals surface area contributed by atoms with Gasteiger partial charge in [0.25, 0.3) is 0 Å². The number of fused-ring (bicyclic) bond motifs is 1. The highest BCUT2D eigenvalue weighted by molar-refractivity contribution is 6.06. The van der Waals surface area contributed by atoms with Crippen molar-refractivity contribution in [2.75, 3.05) is 12.3 Å². The number of aromatic nitrogens is 5. The summed E-state index contributed by atoms with van der Waals surface area (Å²) in [6.07, 6.45) is 1.52. The lowest BCUT2D eigenvalue weighted by Crippen LogP contribution is -2.09. The number of benzene rings is 1. The van der Waals surface area contributed by atoms with Crippen molar-refractivity contribution in [3.05, 3.63) is 42.1 Å². The van der Waals surface area contributed by atoms with E-state index < -0.39 is 5.97 Å². The number of pyridine rings is 1. The second-order valence-corrected chi connectivity index (χ2v) is 5.98. The highest BCUT2D eigenvalue weighted by Gasteiger charge is 2.25. The minimum atomic E-state index is -0.466. The molecule has 0 spiro atoms. The van der Waals surface area contributed by atoms with Gasteiger partial charge in [-0.3, -0.25) is 4.98 Å². The molecule has 2 N–H and O–H groups in total. The van der Waals surface area contributed by atoms with Crippen LogP contribution in [-0.2, 0) is 11.3 Å². The van der Waals surface area contributed by atoms with E-state index in [0.29, 0.717) is 40.4 Å². The van der Waals surface area contributed by atoms with Crippen molar-refractivity contribution in [1.29, 1.82) is 0 Å². The summed E-state index contributed by atoms with van der Waals surface area (Å²) < 4.78 is 11.8. The predicted molar refractivity (Wildman–Crippen MR) is 102 cm³/mol. The van der Waals surface area contributed by atoms with E-state index in [9.17, 15) is 4.79 Å². The van der Waals surface area contributed by atoms with E-state index in [1.165, 1.54) is 6.20 Å². The summed E-state index contributed by atoms with van der Waals surface area (Å²) in [7, 11) is 0. The zero-order chi connectivity index (χ0) is 19.7. The van der Waals surface area contributed by atoms with Crippen LogP contribution in [0.25, 0.3) is 33.8 Å². The Labute approximate surface area is 160 Å². The maximum Gasteiger partial charge on any atom is 0.341 e. The van der Waals surface area contributed by atoms with Crippen LogP contribution in [-0.4, -0.2) is 37.4 Å². The third-order valence-electron chi connectivity index (χ3n) is 4.35. The number of carbonyl (C=O) groups is 1. The molecule has 3 heterocycles. The Hall–Kier alpha value is -3.75. The summed E-state index contributed by atoms with van der Waals surface area (Å²) in [5.41, 5.74) is 9.20. The van der Waals surface area contributed by atoms with E-state index in [1.54, 1.807) is 6.92 Å². The molecule has 142 valence electrons. The van der Waals surface area contributed by atoms with Crippen LogP contribution >= 0.6 is 0 Å². The summed E-state index contributed by atoms with van der Waals surface area (Å²) in [5.74, 6) is 0.107. The summed E-state index contributed by atoms with van der Waals surface area (Å²) in [4.78, 5) is 21.8. The second-order valence-electron chi connectivity index (χ2n) is 5.98. The fraction of sp³-hybridized carbons (Fsp3) is 0.211. The Morgan fingerprint density at radius 2 is 1.96 bits per heavy atom. The van der Waals surface area contributed by atoms with Gasteiger partial charge in [0.05, 0.1) is 17.8 Å². The largest absolute Gasteiger partial charge is 0.462 e. The topological polar surface area (TPSA) is 122 Å². The summed E-state index contributed by atoms with van der Waals surface area (Å²) >= 11 is 0. The first kappa shape index (κ1) is 17.7. The number of hydrogen-bond acceptors (Lipinski definition) is 8. The van der Waals surface area contributed by atoms with Crippen molar-refractivity contribution in [3.8, 4) is 22.8 Å². The van der Waals surface area contributed by atoms with Gasteiger partial charge in [-0.15, -0.1) is 0 Å². The van der Waals surface area contributed by atoms with Gasteiger partial charge in [0.2, 0.25) is 0 Å². The number of imidazole rings is 1.